The van der Waals surface area contributed by atoms with Gasteiger partial charge < -0.3 is 10.2 Å². The van der Waals surface area contributed by atoms with Crippen molar-refractivity contribution < 1.29 is 18.0 Å². The van der Waals surface area contributed by atoms with Crippen LogP contribution < -0.4 is 5.32 Å². The largest absolute Gasteiger partial charge is 0.406 e. The molecule has 0 aromatic heterocycles. The Morgan fingerprint density at radius 1 is 1.55 bits per heavy atom. The molecule has 1 aliphatic heterocycles. The van der Waals surface area contributed by atoms with E-state index in [1.165, 1.54) is 6.08 Å². The Morgan fingerprint density at radius 2 is 2.25 bits per heavy atom. The van der Waals surface area contributed by atoms with E-state index in [1.54, 1.807) is 0 Å². The maximum atomic E-state index is 12.4. The van der Waals surface area contributed by atoms with Crippen molar-refractivity contribution in [2.75, 3.05) is 26.2 Å². The number of rotatable bonds is 6. The van der Waals surface area contributed by atoms with Gasteiger partial charge in [0.1, 0.15) is 6.54 Å². The van der Waals surface area contributed by atoms with Crippen molar-refractivity contribution in [1.29, 1.82) is 0 Å². The van der Waals surface area contributed by atoms with Crippen LogP contribution in [0.1, 0.15) is 26.2 Å². The third kappa shape index (κ3) is 5.94. The van der Waals surface area contributed by atoms with Crippen LogP contribution in [0.3, 0.4) is 0 Å². The zero-order chi connectivity index (χ0) is 15.2. The number of nitrogens with one attached hydrogen (secondary N) is 1. The Labute approximate surface area is 118 Å². The lowest BCUT2D eigenvalue weighted by Crippen LogP contribution is -2.41. The first-order valence-corrected chi connectivity index (χ1v) is 6.99. The van der Waals surface area contributed by atoms with Gasteiger partial charge in [0.05, 0.1) is 0 Å². The van der Waals surface area contributed by atoms with Gasteiger partial charge >= 0.3 is 6.18 Å². The van der Waals surface area contributed by atoms with Gasteiger partial charge in [-0.3, -0.25) is 4.79 Å². The molecule has 0 bridgehead atoms. The van der Waals surface area contributed by atoms with Gasteiger partial charge in [0.25, 0.3) is 0 Å². The lowest BCUT2D eigenvalue weighted by atomic mass is 9.85. The normalized spacial score (nSPS) is 21.3. The van der Waals surface area contributed by atoms with E-state index in [9.17, 15) is 18.0 Å². The minimum Gasteiger partial charge on any atom is -0.330 e. The minimum atomic E-state index is -4.37. The second kappa shape index (κ2) is 7.67. The molecule has 0 aromatic carbocycles. The summed E-state index contributed by atoms with van der Waals surface area (Å²) in [7, 11) is 0. The molecule has 1 amide bonds. The summed E-state index contributed by atoms with van der Waals surface area (Å²) in [5.74, 6) is 0.0142. The van der Waals surface area contributed by atoms with Crippen LogP contribution in [0.2, 0.25) is 0 Å². The molecule has 1 aliphatic rings. The van der Waals surface area contributed by atoms with E-state index < -0.39 is 18.6 Å². The van der Waals surface area contributed by atoms with Crippen molar-refractivity contribution in [2.24, 2.45) is 11.8 Å². The van der Waals surface area contributed by atoms with Crippen molar-refractivity contribution >= 4 is 5.91 Å². The summed E-state index contributed by atoms with van der Waals surface area (Å²) < 4.78 is 37.3. The quantitative estimate of drug-likeness (QED) is 0.763. The topological polar surface area (TPSA) is 32.3 Å². The van der Waals surface area contributed by atoms with Gasteiger partial charge in [0.15, 0.2) is 0 Å². The van der Waals surface area contributed by atoms with Crippen LogP contribution in [-0.2, 0) is 4.79 Å². The fourth-order valence-corrected chi connectivity index (χ4v) is 2.56. The van der Waals surface area contributed by atoms with E-state index >= 15 is 0 Å². The molecule has 1 N–H and O–H groups in total. The molecule has 116 valence electrons. The fourth-order valence-electron chi connectivity index (χ4n) is 2.56. The average molecular weight is 292 g/mol. The maximum Gasteiger partial charge on any atom is 0.406 e. The monoisotopic (exact) mass is 292 g/mol. The summed E-state index contributed by atoms with van der Waals surface area (Å²) in [5.41, 5.74) is 0. The van der Waals surface area contributed by atoms with E-state index in [-0.39, 0.29) is 18.9 Å². The lowest BCUT2D eigenvalue weighted by Gasteiger charge is -2.30. The third-order valence-corrected chi connectivity index (χ3v) is 3.71. The Hall–Kier alpha value is -1.04. The second-order valence-electron chi connectivity index (χ2n) is 5.47. The SMILES string of the molecule is C=CCN(CC(F)(F)F)C(=O)CC(C)C1CCCNC1. The predicted octanol–water partition coefficient (Wildman–Crippen LogP) is 2.59. The summed E-state index contributed by atoms with van der Waals surface area (Å²) in [5, 5.41) is 3.26. The zero-order valence-corrected chi connectivity index (χ0v) is 11.9. The molecule has 0 aromatic rings. The van der Waals surface area contributed by atoms with Gasteiger partial charge in [0.2, 0.25) is 5.91 Å². The molecule has 0 saturated carbocycles. The van der Waals surface area contributed by atoms with Gasteiger partial charge in [-0.2, -0.15) is 13.2 Å². The number of carbonyl (C=O) groups is 1. The summed E-state index contributed by atoms with van der Waals surface area (Å²) in [6.07, 6.45) is -0.786. The van der Waals surface area contributed by atoms with Crippen LogP contribution in [0.15, 0.2) is 12.7 Å². The van der Waals surface area contributed by atoms with Gasteiger partial charge in [-0.15, -0.1) is 6.58 Å². The summed E-state index contributed by atoms with van der Waals surface area (Å²) >= 11 is 0. The maximum absolute atomic E-state index is 12.4. The van der Waals surface area contributed by atoms with Gasteiger partial charge in [-0.05, 0) is 37.8 Å². The number of piperidine rings is 1. The summed E-state index contributed by atoms with van der Waals surface area (Å²) in [6, 6.07) is 0. The average Bonchev–Trinajstić information content (AvgIpc) is 2.37. The predicted molar refractivity (Wildman–Crippen MR) is 72.2 cm³/mol. The van der Waals surface area contributed by atoms with Crippen LogP contribution >= 0.6 is 0 Å². The highest BCUT2D eigenvalue weighted by atomic mass is 19.4. The van der Waals surface area contributed by atoms with Crippen LogP contribution in [0.25, 0.3) is 0 Å². The van der Waals surface area contributed by atoms with Crippen LogP contribution in [0.4, 0.5) is 13.2 Å². The number of alkyl halides is 3. The molecular formula is C14H23F3N2O. The highest BCUT2D eigenvalue weighted by Gasteiger charge is 2.33. The Balaban J connectivity index is 2.53. The van der Waals surface area contributed by atoms with E-state index in [0.717, 1.165) is 30.8 Å². The molecule has 0 aliphatic carbocycles. The number of halogens is 3. The highest BCUT2D eigenvalue weighted by Crippen LogP contribution is 2.24. The van der Waals surface area contributed by atoms with E-state index in [4.69, 9.17) is 0 Å². The molecule has 2 unspecified atom stereocenters. The van der Waals surface area contributed by atoms with Gasteiger partial charge in [-0.1, -0.05) is 13.0 Å². The number of hydrogen-bond acceptors (Lipinski definition) is 2. The molecular weight excluding hydrogens is 269 g/mol. The Bertz CT molecular complexity index is 325. The summed E-state index contributed by atoms with van der Waals surface area (Å²) in [6.45, 7) is 5.91. The third-order valence-electron chi connectivity index (χ3n) is 3.71. The zero-order valence-electron chi connectivity index (χ0n) is 11.9. The molecule has 1 rings (SSSR count). The van der Waals surface area contributed by atoms with E-state index in [1.807, 2.05) is 6.92 Å². The molecule has 1 saturated heterocycles. The van der Waals surface area contributed by atoms with E-state index in [2.05, 4.69) is 11.9 Å². The second-order valence-corrected chi connectivity index (χ2v) is 5.47. The molecule has 0 radical (unpaired) electrons. The smallest absolute Gasteiger partial charge is 0.330 e. The molecule has 2 atom stereocenters. The molecule has 1 fully saturated rings. The number of nitrogens with zero attached hydrogens (tertiary/aromatic N) is 1. The van der Waals surface area contributed by atoms with Gasteiger partial charge in [0, 0.05) is 13.0 Å². The van der Waals surface area contributed by atoms with E-state index in [0.29, 0.717) is 5.92 Å². The Kier molecular flexibility index (Phi) is 6.52. The Morgan fingerprint density at radius 3 is 2.75 bits per heavy atom. The number of amides is 1. The van der Waals surface area contributed by atoms with Crippen LogP contribution in [0, 0.1) is 11.8 Å². The molecule has 1 heterocycles. The van der Waals surface area contributed by atoms with Crippen molar-refractivity contribution in [3.63, 3.8) is 0 Å². The van der Waals surface area contributed by atoms with Crippen molar-refractivity contribution in [3.8, 4) is 0 Å². The molecule has 3 nitrogen and oxygen atoms in total. The van der Waals surface area contributed by atoms with Crippen LogP contribution in [-0.4, -0.2) is 43.2 Å². The number of hydrogen-bond donors (Lipinski definition) is 1. The van der Waals surface area contributed by atoms with Crippen molar-refractivity contribution in [2.45, 2.75) is 32.4 Å². The van der Waals surface area contributed by atoms with Gasteiger partial charge in [-0.25, -0.2) is 0 Å². The molecule has 6 heteroatoms. The summed E-state index contributed by atoms with van der Waals surface area (Å²) in [4.78, 5) is 12.9. The fraction of sp³-hybridized carbons (Fsp3) is 0.786. The lowest BCUT2D eigenvalue weighted by molar-refractivity contribution is -0.160. The molecule has 0 spiro atoms. The van der Waals surface area contributed by atoms with Crippen molar-refractivity contribution in [3.05, 3.63) is 12.7 Å². The van der Waals surface area contributed by atoms with Crippen molar-refractivity contribution in [1.82, 2.24) is 10.2 Å². The minimum absolute atomic E-state index is 0.0615. The molecule has 20 heavy (non-hydrogen) atoms. The first-order valence-electron chi connectivity index (χ1n) is 6.99. The first kappa shape index (κ1) is 17.0. The number of carbonyl (C=O) groups excluding carboxylic acids is 1. The highest BCUT2D eigenvalue weighted by molar-refractivity contribution is 5.76. The standard InChI is InChI=1S/C14H23F3N2O/c1-3-7-19(10-14(15,16)17)13(20)8-11(2)12-5-4-6-18-9-12/h3,11-12,18H,1,4-10H2,2H3. The first-order chi connectivity index (χ1) is 9.33. The van der Waals surface area contributed by atoms with Crippen LogP contribution in [0.5, 0.6) is 0 Å².